The molecule has 0 aromatic heterocycles. The molecule has 3 unspecified atom stereocenters. The number of aliphatic hydroxyl groups excluding tert-OH is 1. The van der Waals surface area contributed by atoms with Crippen molar-refractivity contribution in [1.29, 1.82) is 0 Å². The molecule has 2 aliphatic carbocycles. The SMILES string of the molecule is Cc1ccc2c(c1)C(NC(=O)NCC(O)C1CC1)C(C)C2. The number of urea groups is 1. The van der Waals surface area contributed by atoms with E-state index in [0.717, 1.165) is 19.3 Å². The summed E-state index contributed by atoms with van der Waals surface area (Å²) in [6.45, 7) is 4.59. The molecule has 0 radical (unpaired) electrons. The molecule has 0 heterocycles. The molecular weight excluding hydrogens is 264 g/mol. The first-order valence-corrected chi connectivity index (χ1v) is 7.86. The smallest absolute Gasteiger partial charge is 0.315 e. The van der Waals surface area contributed by atoms with Crippen molar-refractivity contribution in [3.05, 3.63) is 34.9 Å². The minimum absolute atomic E-state index is 0.0676. The van der Waals surface area contributed by atoms with Crippen LogP contribution in [-0.2, 0) is 6.42 Å². The van der Waals surface area contributed by atoms with Crippen LogP contribution in [0.1, 0.15) is 42.5 Å². The van der Waals surface area contributed by atoms with Gasteiger partial charge < -0.3 is 15.7 Å². The van der Waals surface area contributed by atoms with Gasteiger partial charge in [-0.05, 0) is 49.1 Å². The Morgan fingerprint density at radius 1 is 1.43 bits per heavy atom. The molecule has 4 heteroatoms. The monoisotopic (exact) mass is 288 g/mol. The van der Waals surface area contributed by atoms with Crippen molar-refractivity contribution in [2.75, 3.05) is 6.54 Å². The summed E-state index contributed by atoms with van der Waals surface area (Å²) >= 11 is 0. The number of benzene rings is 1. The standard InChI is InChI=1S/C17H24N2O2/c1-10-3-4-13-8-11(2)16(14(13)7-10)19-17(21)18-9-15(20)12-5-6-12/h3-4,7,11-12,15-16,20H,5-6,8-9H2,1-2H3,(H2,18,19,21). The molecule has 114 valence electrons. The van der Waals surface area contributed by atoms with Crippen LogP contribution in [0.25, 0.3) is 0 Å². The summed E-state index contributed by atoms with van der Waals surface area (Å²) in [6.07, 6.45) is 2.77. The zero-order chi connectivity index (χ0) is 15.0. The summed E-state index contributed by atoms with van der Waals surface area (Å²) in [5.74, 6) is 0.792. The van der Waals surface area contributed by atoms with Crippen LogP contribution in [0.2, 0.25) is 0 Å². The quantitative estimate of drug-likeness (QED) is 0.796. The Labute approximate surface area is 125 Å². The average molecular weight is 288 g/mol. The van der Waals surface area contributed by atoms with Crippen LogP contribution >= 0.6 is 0 Å². The highest BCUT2D eigenvalue weighted by molar-refractivity contribution is 5.74. The van der Waals surface area contributed by atoms with Crippen LogP contribution in [0.3, 0.4) is 0 Å². The van der Waals surface area contributed by atoms with Gasteiger partial charge in [-0.1, -0.05) is 30.7 Å². The van der Waals surface area contributed by atoms with Gasteiger partial charge in [-0.2, -0.15) is 0 Å². The fourth-order valence-electron chi connectivity index (χ4n) is 3.22. The van der Waals surface area contributed by atoms with Crippen molar-refractivity contribution < 1.29 is 9.90 Å². The number of carbonyl (C=O) groups excluding carboxylic acids is 1. The van der Waals surface area contributed by atoms with E-state index in [9.17, 15) is 9.90 Å². The van der Waals surface area contributed by atoms with Crippen LogP contribution in [0.4, 0.5) is 4.79 Å². The second-order valence-electron chi connectivity index (χ2n) is 6.62. The Hall–Kier alpha value is -1.55. The highest BCUT2D eigenvalue weighted by Gasteiger charge is 2.32. The number of hydrogen-bond donors (Lipinski definition) is 3. The molecule has 1 aromatic carbocycles. The van der Waals surface area contributed by atoms with Gasteiger partial charge in [0.1, 0.15) is 0 Å². The van der Waals surface area contributed by atoms with Gasteiger partial charge in [0.25, 0.3) is 0 Å². The normalized spacial score (nSPS) is 25.3. The number of aliphatic hydroxyl groups is 1. The second kappa shape index (κ2) is 5.68. The van der Waals surface area contributed by atoms with E-state index >= 15 is 0 Å². The topological polar surface area (TPSA) is 61.4 Å². The molecule has 2 aliphatic rings. The first-order chi connectivity index (χ1) is 10.0. The molecule has 3 rings (SSSR count). The lowest BCUT2D eigenvalue weighted by Crippen LogP contribution is -2.42. The number of carbonyl (C=O) groups is 1. The van der Waals surface area contributed by atoms with E-state index in [2.05, 4.69) is 42.7 Å². The van der Waals surface area contributed by atoms with Gasteiger partial charge in [0.05, 0.1) is 12.1 Å². The van der Waals surface area contributed by atoms with E-state index in [1.807, 2.05) is 0 Å². The highest BCUT2D eigenvalue weighted by atomic mass is 16.3. The number of nitrogens with one attached hydrogen (secondary N) is 2. The number of amides is 2. The average Bonchev–Trinajstić information content (AvgIpc) is 3.24. The molecule has 4 nitrogen and oxygen atoms in total. The minimum atomic E-state index is -0.397. The summed E-state index contributed by atoms with van der Waals surface area (Å²) in [7, 11) is 0. The number of fused-ring (bicyclic) bond motifs is 1. The van der Waals surface area contributed by atoms with Crippen LogP contribution in [-0.4, -0.2) is 23.8 Å². The Morgan fingerprint density at radius 2 is 2.19 bits per heavy atom. The molecule has 3 N–H and O–H groups in total. The van der Waals surface area contributed by atoms with Gasteiger partial charge in [-0.15, -0.1) is 0 Å². The summed E-state index contributed by atoms with van der Waals surface area (Å²) < 4.78 is 0. The largest absolute Gasteiger partial charge is 0.391 e. The molecule has 0 aliphatic heterocycles. The molecule has 0 spiro atoms. The summed E-state index contributed by atoms with van der Waals surface area (Å²) in [5.41, 5.74) is 3.79. The van der Waals surface area contributed by atoms with E-state index in [1.54, 1.807) is 0 Å². The molecular formula is C17H24N2O2. The van der Waals surface area contributed by atoms with Crippen molar-refractivity contribution in [3.8, 4) is 0 Å². The van der Waals surface area contributed by atoms with Crippen LogP contribution in [0, 0.1) is 18.8 Å². The van der Waals surface area contributed by atoms with Crippen LogP contribution in [0.5, 0.6) is 0 Å². The lowest BCUT2D eigenvalue weighted by atomic mass is 10.0. The fourth-order valence-corrected chi connectivity index (χ4v) is 3.22. The van der Waals surface area contributed by atoms with E-state index in [0.29, 0.717) is 18.4 Å². The second-order valence-corrected chi connectivity index (χ2v) is 6.62. The highest BCUT2D eigenvalue weighted by Crippen LogP contribution is 2.36. The Balaban J connectivity index is 1.59. The molecule has 1 aromatic rings. The molecule has 0 saturated heterocycles. The first kappa shape index (κ1) is 14.4. The first-order valence-electron chi connectivity index (χ1n) is 7.86. The van der Waals surface area contributed by atoms with Gasteiger partial charge in [-0.3, -0.25) is 0 Å². The van der Waals surface area contributed by atoms with Crippen molar-refractivity contribution in [2.45, 2.75) is 45.3 Å². The molecule has 2 amide bonds. The van der Waals surface area contributed by atoms with Gasteiger partial charge in [0.15, 0.2) is 0 Å². The van der Waals surface area contributed by atoms with E-state index < -0.39 is 6.10 Å². The molecule has 3 atom stereocenters. The summed E-state index contributed by atoms with van der Waals surface area (Å²) in [6, 6.07) is 6.35. The fraction of sp³-hybridized carbons (Fsp3) is 0.588. The lowest BCUT2D eigenvalue weighted by Gasteiger charge is -2.20. The molecule has 1 fully saturated rings. The maximum Gasteiger partial charge on any atom is 0.315 e. The maximum absolute atomic E-state index is 12.1. The third-order valence-electron chi connectivity index (χ3n) is 4.67. The zero-order valence-electron chi connectivity index (χ0n) is 12.7. The Morgan fingerprint density at radius 3 is 2.90 bits per heavy atom. The predicted octanol–water partition coefficient (Wildman–Crippen LogP) is 2.30. The predicted molar refractivity (Wildman–Crippen MR) is 82.1 cm³/mol. The van der Waals surface area contributed by atoms with Crippen molar-refractivity contribution in [1.82, 2.24) is 10.6 Å². The van der Waals surface area contributed by atoms with Gasteiger partial charge in [0.2, 0.25) is 0 Å². The van der Waals surface area contributed by atoms with Crippen molar-refractivity contribution in [3.63, 3.8) is 0 Å². The number of aryl methyl sites for hydroxylation is 1. The minimum Gasteiger partial charge on any atom is -0.391 e. The van der Waals surface area contributed by atoms with Crippen molar-refractivity contribution in [2.24, 2.45) is 11.8 Å². The Kier molecular flexibility index (Phi) is 3.89. The summed E-state index contributed by atoms with van der Waals surface area (Å²) in [5, 5.41) is 15.7. The van der Waals surface area contributed by atoms with Crippen molar-refractivity contribution >= 4 is 6.03 Å². The number of hydrogen-bond acceptors (Lipinski definition) is 2. The molecule has 1 saturated carbocycles. The van der Waals surface area contributed by atoms with Gasteiger partial charge >= 0.3 is 6.03 Å². The lowest BCUT2D eigenvalue weighted by molar-refractivity contribution is 0.148. The molecule has 21 heavy (non-hydrogen) atoms. The molecule has 0 bridgehead atoms. The maximum atomic E-state index is 12.1. The van der Waals surface area contributed by atoms with Crippen LogP contribution in [0.15, 0.2) is 18.2 Å². The van der Waals surface area contributed by atoms with Gasteiger partial charge in [-0.25, -0.2) is 4.79 Å². The summed E-state index contributed by atoms with van der Waals surface area (Å²) in [4.78, 5) is 12.1. The van der Waals surface area contributed by atoms with E-state index in [-0.39, 0.29) is 12.1 Å². The van der Waals surface area contributed by atoms with E-state index in [1.165, 1.54) is 16.7 Å². The number of rotatable bonds is 4. The van der Waals surface area contributed by atoms with E-state index in [4.69, 9.17) is 0 Å². The third-order valence-corrected chi connectivity index (χ3v) is 4.67. The van der Waals surface area contributed by atoms with Gasteiger partial charge in [0, 0.05) is 6.54 Å². The Bertz CT molecular complexity index is 540. The third kappa shape index (κ3) is 3.21. The van der Waals surface area contributed by atoms with Crippen LogP contribution < -0.4 is 10.6 Å². The zero-order valence-corrected chi connectivity index (χ0v) is 12.7.